The lowest BCUT2D eigenvalue weighted by molar-refractivity contribution is 0.548. The maximum atomic E-state index is 4.65. The molecule has 0 bridgehead atoms. The van der Waals surface area contributed by atoms with Crippen LogP contribution in [0.2, 0.25) is 0 Å². The van der Waals surface area contributed by atoms with E-state index in [0.29, 0.717) is 11.5 Å². The fourth-order valence-corrected chi connectivity index (χ4v) is 0.718. The first kappa shape index (κ1) is 6.03. The van der Waals surface area contributed by atoms with Crippen LogP contribution in [0.25, 0.3) is 11.5 Å². The lowest BCUT2D eigenvalue weighted by atomic mass is 10.4. The van der Waals surface area contributed by atoms with Gasteiger partial charge in [-0.2, -0.15) is 0 Å². The third-order valence-corrected chi connectivity index (χ3v) is 1.18. The van der Waals surface area contributed by atoms with Crippen molar-refractivity contribution in [3.8, 4) is 11.5 Å². The molecule has 2 aromatic rings. The lowest BCUT2D eigenvalue weighted by Crippen LogP contribution is -1.85. The summed E-state index contributed by atoms with van der Waals surface area (Å²) in [5.74, 6) is 0.553. The Labute approximate surface area is 62.9 Å². The summed E-state index contributed by atoms with van der Waals surface area (Å²) in [6, 6.07) is 1.74. The molecule has 0 N–H and O–H groups in total. The molecule has 0 unspecified atom stereocenters. The molecule has 2 rings (SSSR count). The predicted octanol–water partition coefficient (Wildman–Crippen LogP) is 0.932. The first-order valence-corrected chi connectivity index (χ1v) is 3.06. The van der Waals surface area contributed by atoms with Crippen molar-refractivity contribution >= 4 is 0 Å². The minimum atomic E-state index is 0.553. The molecule has 0 fully saturated rings. The van der Waals surface area contributed by atoms with Gasteiger partial charge in [-0.3, -0.25) is 0 Å². The first-order chi connectivity index (χ1) is 5.47. The SMILES string of the molecule is [c]1nc(-c2ncccn2)co1. The van der Waals surface area contributed by atoms with Crippen LogP contribution in [0.4, 0.5) is 0 Å². The Hall–Kier alpha value is -1.71. The second-order valence-electron chi connectivity index (χ2n) is 1.90. The molecule has 4 nitrogen and oxygen atoms in total. The average Bonchev–Trinajstić information content (AvgIpc) is 2.58. The molecule has 0 aliphatic heterocycles. The van der Waals surface area contributed by atoms with Crippen LogP contribution in [0.1, 0.15) is 0 Å². The molecule has 53 valence electrons. The largest absolute Gasteiger partial charge is 0.440 e. The number of nitrogens with zero attached hydrogens (tertiary/aromatic N) is 3. The zero-order valence-corrected chi connectivity index (χ0v) is 5.56. The highest BCUT2D eigenvalue weighted by atomic mass is 16.3. The van der Waals surface area contributed by atoms with Crippen LogP contribution >= 0.6 is 0 Å². The molecule has 0 aliphatic rings. The van der Waals surface area contributed by atoms with Gasteiger partial charge in [-0.05, 0) is 6.07 Å². The summed E-state index contributed by atoms with van der Waals surface area (Å²) in [6.07, 6.45) is 7.08. The van der Waals surface area contributed by atoms with Crippen molar-refractivity contribution in [1.82, 2.24) is 15.0 Å². The van der Waals surface area contributed by atoms with Gasteiger partial charge in [-0.1, -0.05) is 0 Å². The van der Waals surface area contributed by atoms with Crippen molar-refractivity contribution < 1.29 is 4.42 Å². The van der Waals surface area contributed by atoms with Crippen molar-refractivity contribution in [3.05, 3.63) is 31.1 Å². The Morgan fingerprint density at radius 1 is 1.27 bits per heavy atom. The molecule has 0 spiro atoms. The molecular formula is C7H4N3O. The summed E-state index contributed by atoms with van der Waals surface area (Å²) in [7, 11) is 0. The second kappa shape index (κ2) is 2.49. The highest BCUT2D eigenvalue weighted by molar-refractivity contribution is 5.44. The molecule has 0 amide bonds. The van der Waals surface area contributed by atoms with Gasteiger partial charge in [0.25, 0.3) is 6.39 Å². The molecule has 0 aromatic carbocycles. The fraction of sp³-hybridized carbons (Fsp3) is 0. The maximum Gasteiger partial charge on any atom is 0.284 e. The molecule has 2 aromatic heterocycles. The third-order valence-electron chi connectivity index (χ3n) is 1.18. The van der Waals surface area contributed by atoms with Crippen molar-refractivity contribution in [2.24, 2.45) is 0 Å². The third kappa shape index (κ3) is 1.10. The Morgan fingerprint density at radius 3 is 2.73 bits per heavy atom. The van der Waals surface area contributed by atoms with E-state index >= 15 is 0 Å². The van der Waals surface area contributed by atoms with Gasteiger partial charge in [0.1, 0.15) is 12.0 Å². The Balaban J connectivity index is 2.46. The fourth-order valence-electron chi connectivity index (χ4n) is 0.718. The molecule has 2 heterocycles. The number of hydrogen-bond donors (Lipinski definition) is 0. The first-order valence-electron chi connectivity index (χ1n) is 3.06. The average molecular weight is 146 g/mol. The van der Waals surface area contributed by atoms with Crippen molar-refractivity contribution in [2.45, 2.75) is 0 Å². The van der Waals surface area contributed by atoms with E-state index < -0.39 is 0 Å². The number of oxazole rings is 1. The minimum absolute atomic E-state index is 0.553. The molecule has 1 radical (unpaired) electrons. The van der Waals surface area contributed by atoms with E-state index in [4.69, 9.17) is 0 Å². The Bertz CT molecular complexity index is 317. The van der Waals surface area contributed by atoms with Gasteiger partial charge in [0, 0.05) is 12.4 Å². The smallest absolute Gasteiger partial charge is 0.284 e. The second-order valence-corrected chi connectivity index (χ2v) is 1.90. The highest BCUT2D eigenvalue weighted by Gasteiger charge is 2.01. The maximum absolute atomic E-state index is 4.65. The van der Waals surface area contributed by atoms with Crippen molar-refractivity contribution in [2.75, 3.05) is 0 Å². The van der Waals surface area contributed by atoms with Crippen LogP contribution in [0.3, 0.4) is 0 Å². The van der Waals surface area contributed by atoms with E-state index in [-0.39, 0.29) is 0 Å². The van der Waals surface area contributed by atoms with Gasteiger partial charge >= 0.3 is 0 Å². The zero-order valence-electron chi connectivity index (χ0n) is 5.56. The highest BCUT2D eigenvalue weighted by Crippen LogP contribution is 2.08. The summed E-state index contributed by atoms with van der Waals surface area (Å²) in [4.78, 5) is 11.7. The van der Waals surface area contributed by atoms with Gasteiger partial charge in [-0.15, -0.1) is 0 Å². The quantitative estimate of drug-likeness (QED) is 0.600. The normalized spacial score (nSPS) is 9.82. The van der Waals surface area contributed by atoms with Gasteiger partial charge in [-0.25, -0.2) is 15.0 Å². The summed E-state index contributed by atoms with van der Waals surface area (Å²) < 4.78 is 4.65. The van der Waals surface area contributed by atoms with Crippen LogP contribution in [0.5, 0.6) is 0 Å². The van der Waals surface area contributed by atoms with E-state index in [1.165, 1.54) is 6.26 Å². The van der Waals surface area contributed by atoms with Crippen LogP contribution in [0.15, 0.2) is 29.1 Å². The lowest BCUT2D eigenvalue weighted by Gasteiger charge is -1.88. The van der Waals surface area contributed by atoms with Crippen LogP contribution < -0.4 is 0 Å². The van der Waals surface area contributed by atoms with E-state index in [9.17, 15) is 0 Å². The topological polar surface area (TPSA) is 51.8 Å². The number of hydrogen-bond acceptors (Lipinski definition) is 4. The van der Waals surface area contributed by atoms with E-state index in [1.807, 2.05) is 0 Å². The van der Waals surface area contributed by atoms with Crippen LogP contribution in [-0.4, -0.2) is 15.0 Å². The van der Waals surface area contributed by atoms with E-state index in [0.717, 1.165) is 0 Å². The monoisotopic (exact) mass is 146 g/mol. The summed E-state index contributed by atoms with van der Waals surface area (Å²) in [6.45, 7) is 0. The van der Waals surface area contributed by atoms with Crippen molar-refractivity contribution in [1.29, 1.82) is 0 Å². The van der Waals surface area contributed by atoms with Crippen molar-refractivity contribution in [3.63, 3.8) is 0 Å². The van der Waals surface area contributed by atoms with E-state index in [1.54, 1.807) is 18.5 Å². The molecular weight excluding hydrogens is 142 g/mol. The van der Waals surface area contributed by atoms with Gasteiger partial charge in [0.15, 0.2) is 5.82 Å². The zero-order chi connectivity index (χ0) is 7.52. The molecule has 4 heteroatoms. The Kier molecular flexibility index (Phi) is 1.37. The summed E-state index contributed by atoms with van der Waals surface area (Å²) in [5, 5.41) is 0. The van der Waals surface area contributed by atoms with Crippen LogP contribution in [-0.2, 0) is 0 Å². The van der Waals surface area contributed by atoms with E-state index in [2.05, 4.69) is 25.8 Å². The minimum Gasteiger partial charge on any atom is -0.440 e. The Morgan fingerprint density at radius 2 is 2.09 bits per heavy atom. The number of aromatic nitrogens is 3. The summed E-state index contributed by atoms with van der Waals surface area (Å²) in [5.41, 5.74) is 0.602. The molecule has 11 heavy (non-hydrogen) atoms. The van der Waals surface area contributed by atoms with Crippen LogP contribution in [0, 0.1) is 6.39 Å². The number of rotatable bonds is 1. The summed E-state index contributed by atoms with van der Waals surface area (Å²) >= 11 is 0. The van der Waals surface area contributed by atoms with Gasteiger partial charge in [0.2, 0.25) is 0 Å². The van der Waals surface area contributed by atoms with Gasteiger partial charge < -0.3 is 4.42 Å². The molecule has 0 atom stereocenters. The standard InChI is InChI=1S/C7H4N3O/c1-2-8-7(9-3-1)6-4-11-5-10-6/h1-4H. The molecule has 0 saturated carbocycles. The van der Waals surface area contributed by atoms with Gasteiger partial charge in [0.05, 0.1) is 0 Å². The molecule has 0 saturated heterocycles. The molecule has 0 aliphatic carbocycles. The predicted molar refractivity (Wildman–Crippen MR) is 36.4 cm³/mol.